The van der Waals surface area contributed by atoms with Crippen molar-refractivity contribution in [2.24, 2.45) is 5.73 Å². The van der Waals surface area contributed by atoms with Gasteiger partial charge in [0.2, 0.25) is 5.82 Å². The van der Waals surface area contributed by atoms with Crippen molar-refractivity contribution in [2.75, 3.05) is 0 Å². The zero-order valence-electron chi connectivity index (χ0n) is 13.2. The Bertz CT molecular complexity index is 989. The number of nitrogens with two attached hydrogens (primary N) is 1. The van der Waals surface area contributed by atoms with Crippen LogP contribution in [0, 0.1) is 12.7 Å². The van der Waals surface area contributed by atoms with E-state index in [1.807, 2.05) is 0 Å². The lowest BCUT2D eigenvalue weighted by molar-refractivity contribution is 0.0683. The quantitative estimate of drug-likeness (QED) is 0.648. The smallest absolute Gasteiger partial charge is 0.372 e. The molecule has 0 amide bonds. The van der Waals surface area contributed by atoms with Gasteiger partial charge in [0.25, 0.3) is 5.56 Å². The summed E-state index contributed by atoms with van der Waals surface area (Å²) in [7, 11) is 0. The molecule has 8 heteroatoms. The van der Waals surface area contributed by atoms with Crippen LogP contribution in [0.25, 0.3) is 10.9 Å². The molecule has 3 rings (SSSR count). The van der Waals surface area contributed by atoms with Gasteiger partial charge in [-0.2, -0.15) is 0 Å². The number of hydrogen-bond acceptors (Lipinski definition) is 4. The van der Waals surface area contributed by atoms with Gasteiger partial charge in [0.1, 0.15) is 5.82 Å². The third-order valence-corrected chi connectivity index (χ3v) is 3.65. The molecule has 2 aromatic carbocycles. The number of aromatic nitrogens is 2. The molecule has 1 aromatic heterocycles. The van der Waals surface area contributed by atoms with Crippen LogP contribution in [0.5, 0.6) is 0 Å². The van der Waals surface area contributed by atoms with Gasteiger partial charge in [-0.05, 0) is 36.2 Å². The molecular formula is C17H15ClFN3O3. The number of carboxylic acids is 1. The highest BCUT2D eigenvalue weighted by Gasteiger charge is 2.10. The van der Waals surface area contributed by atoms with Gasteiger partial charge >= 0.3 is 5.97 Å². The average molecular weight is 364 g/mol. The lowest BCUT2D eigenvalue weighted by atomic mass is 10.1. The van der Waals surface area contributed by atoms with Crippen molar-refractivity contribution < 1.29 is 14.3 Å². The van der Waals surface area contributed by atoms with Gasteiger partial charge in [-0.3, -0.25) is 4.79 Å². The summed E-state index contributed by atoms with van der Waals surface area (Å²) >= 11 is 5.46. The Morgan fingerprint density at radius 1 is 1.36 bits per heavy atom. The SMILES string of the molecule is Cc1cccc2nc(C(=O)O)[nH]c(=O)c12.NCc1ccc(F)c(Cl)c1. The first-order valence-corrected chi connectivity index (χ1v) is 7.58. The van der Waals surface area contributed by atoms with Gasteiger partial charge in [0.15, 0.2) is 0 Å². The Hall–Kier alpha value is -2.77. The Balaban J connectivity index is 0.000000196. The first-order chi connectivity index (χ1) is 11.8. The molecule has 0 radical (unpaired) electrons. The summed E-state index contributed by atoms with van der Waals surface area (Å²) in [6, 6.07) is 9.57. The number of nitrogens with zero attached hydrogens (tertiary/aromatic N) is 1. The van der Waals surface area contributed by atoms with E-state index in [-0.39, 0.29) is 10.8 Å². The summed E-state index contributed by atoms with van der Waals surface area (Å²) in [5.74, 6) is -1.98. The first kappa shape index (κ1) is 18.6. The number of carboxylic acid groups (broad SMARTS) is 1. The van der Waals surface area contributed by atoms with Gasteiger partial charge in [0, 0.05) is 6.54 Å². The average Bonchev–Trinajstić information content (AvgIpc) is 2.57. The van der Waals surface area contributed by atoms with Crippen LogP contribution in [-0.4, -0.2) is 21.0 Å². The number of hydrogen-bond donors (Lipinski definition) is 3. The topological polar surface area (TPSA) is 109 Å². The van der Waals surface area contributed by atoms with Crippen LogP contribution < -0.4 is 11.3 Å². The lowest BCUT2D eigenvalue weighted by Gasteiger charge is -2.00. The molecule has 4 N–H and O–H groups in total. The van der Waals surface area contributed by atoms with E-state index in [0.29, 0.717) is 17.4 Å². The number of H-pyrrole nitrogens is 1. The van der Waals surface area contributed by atoms with Crippen molar-refractivity contribution in [2.45, 2.75) is 13.5 Å². The van der Waals surface area contributed by atoms with Gasteiger partial charge < -0.3 is 15.8 Å². The monoisotopic (exact) mass is 363 g/mol. The van der Waals surface area contributed by atoms with Gasteiger partial charge in [0.05, 0.1) is 15.9 Å². The highest BCUT2D eigenvalue weighted by molar-refractivity contribution is 6.30. The summed E-state index contributed by atoms with van der Waals surface area (Å²) in [5, 5.41) is 9.27. The molecule has 0 spiro atoms. The minimum absolute atomic E-state index is 0.128. The van der Waals surface area contributed by atoms with E-state index in [1.54, 1.807) is 31.2 Å². The van der Waals surface area contributed by atoms with Gasteiger partial charge in [-0.1, -0.05) is 29.8 Å². The molecule has 0 aliphatic rings. The maximum absolute atomic E-state index is 12.5. The fourth-order valence-electron chi connectivity index (χ4n) is 2.13. The number of aryl methyl sites for hydroxylation is 1. The molecule has 3 aromatic rings. The van der Waals surface area contributed by atoms with Crippen molar-refractivity contribution in [3.8, 4) is 0 Å². The van der Waals surface area contributed by atoms with Crippen LogP contribution in [0.1, 0.15) is 21.7 Å². The van der Waals surface area contributed by atoms with E-state index in [2.05, 4.69) is 9.97 Å². The summed E-state index contributed by atoms with van der Waals surface area (Å²) in [6.45, 7) is 2.17. The van der Waals surface area contributed by atoms with Crippen molar-refractivity contribution >= 4 is 28.5 Å². The minimum atomic E-state index is -1.24. The lowest BCUT2D eigenvalue weighted by Crippen LogP contribution is -2.16. The number of carbonyl (C=O) groups is 1. The van der Waals surface area contributed by atoms with Crippen molar-refractivity contribution in [3.05, 3.63) is 74.5 Å². The van der Waals surface area contributed by atoms with Crippen LogP contribution in [0.15, 0.2) is 41.2 Å². The molecule has 25 heavy (non-hydrogen) atoms. The normalized spacial score (nSPS) is 10.2. The first-order valence-electron chi connectivity index (χ1n) is 7.20. The maximum atomic E-state index is 12.5. The molecule has 0 bridgehead atoms. The van der Waals surface area contributed by atoms with Crippen LogP contribution in [0.3, 0.4) is 0 Å². The second kappa shape index (κ2) is 7.87. The number of benzene rings is 2. The number of nitrogens with one attached hydrogen (secondary N) is 1. The van der Waals surface area contributed by atoms with Crippen LogP contribution in [0.4, 0.5) is 4.39 Å². The Morgan fingerprint density at radius 3 is 2.68 bits per heavy atom. The van der Waals surface area contributed by atoms with E-state index in [1.165, 1.54) is 12.1 Å². The number of fused-ring (bicyclic) bond motifs is 1. The van der Waals surface area contributed by atoms with Crippen molar-refractivity contribution in [1.82, 2.24) is 9.97 Å². The van der Waals surface area contributed by atoms with Gasteiger partial charge in [-0.15, -0.1) is 0 Å². The third kappa shape index (κ3) is 4.40. The molecule has 0 atom stereocenters. The molecule has 0 fully saturated rings. The summed E-state index contributed by atoms with van der Waals surface area (Å²) < 4.78 is 12.5. The van der Waals surface area contributed by atoms with E-state index < -0.39 is 17.3 Å². The number of rotatable bonds is 2. The molecule has 130 valence electrons. The molecule has 6 nitrogen and oxygen atoms in total. The predicted octanol–water partition coefficient (Wildman–Crippen LogP) is 2.87. The zero-order chi connectivity index (χ0) is 18.6. The fourth-order valence-corrected chi connectivity index (χ4v) is 2.33. The molecule has 1 heterocycles. The Morgan fingerprint density at radius 2 is 2.08 bits per heavy atom. The largest absolute Gasteiger partial charge is 0.475 e. The molecule has 0 saturated carbocycles. The number of aromatic amines is 1. The molecule has 0 aliphatic carbocycles. The molecule has 0 saturated heterocycles. The molecular weight excluding hydrogens is 349 g/mol. The maximum Gasteiger partial charge on any atom is 0.372 e. The number of aromatic carboxylic acids is 1. The molecule has 0 aliphatic heterocycles. The second-order valence-corrected chi connectivity index (χ2v) is 5.55. The van der Waals surface area contributed by atoms with Crippen molar-refractivity contribution in [3.63, 3.8) is 0 Å². The highest BCUT2D eigenvalue weighted by Crippen LogP contribution is 2.15. The third-order valence-electron chi connectivity index (χ3n) is 3.36. The zero-order valence-corrected chi connectivity index (χ0v) is 14.0. The van der Waals surface area contributed by atoms with E-state index in [9.17, 15) is 14.0 Å². The molecule has 0 unspecified atom stereocenters. The fraction of sp³-hybridized carbons (Fsp3) is 0.118. The van der Waals surface area contributed by atoms with E-state index in [4.69, 9.17) is 22.4 Å². The van der Waals surface area contributed by atoms with Crippen LogP contribution in [-0.2, 0) is 6.54 Å². The Kier molecular flexibility index (Phi) is 5.84. The van der Waals surface area contributed by atoms with Gasteiger partial charge in [-0.25, -0.2) is 14.2 Å². The van der Waals surface area contributed by atoms with Crippen LogP contribution in [0.2, 0.25) is 5.02 Å². The summed E-state index contributed by atoms with van der Waals surface area (Å²) in [6.07, 6.45) is 0. The Labute approximate surface area is 147 Å². The van der Waals surface area contributed by atoms with Crippen molar-refractivity contribution in [1.29, 1.82) is 0 Å². The second-order valence-electron chi connectivity index (χ2n) is 5.14. The van der Waals surface area contributed by atoms with Crippen LogP contribution >= 0.6 is 11.6 Å². The predicted molar refractivity (Wildman–Crippen MR) is 93.4 cm³/mol. The van der Waals surface area contributed by atoms with E-state index in [0.717, 1.165) is 11.1 Å². The summed E-state index contributed by atoms with van der Waals surface area (Å²) in [5.41, 5.74) is 6.88. The van der Waals surface area contributed by atoms with E-state index >= 15 is 0 Å². The summed E-state index contributed by atoms with van der Waals surface area (Å²) in [4.78, 5) is 28.3. The standard InChI is InChI=1S/C10H8N2O3.C7H7ClFN/c1-5-3-2-4-6-7(5)9(13)12-8(11-6)10(14)15;8-6-3-5(4-10)1-2-7(6)9/h2-4H,1H3,(H,14,15)(H,11,12,13);1-3H,4,10H2. The minimum Gasteiger partial charge on any atom is -0.475 e. The highest BCUT2D eigenvalue weighted by atomic mass is 35.5. The number of halogens is 2.